The number of nitrogens with zero attached hydrogens (tertiary/aromatic N) is 1. The molecule has 126 valence electrons. The predicted octanol–water partition coefficient (Wildman–Crippen LogP) is 3.12. The van der Waals surface area contributed by atoms with E-state index in [9.17, 15) is 18.0 Å². The van der Waals surface area contributed by atoms with Crippen molar-refractivity contribution < 1.29 is 27.4 Å². The zero-order valence-corrected chi connectivity index (χ0v) is 12.5. The molecular weight excluding hydrogens is 313 g/mol. The Morgan fingerprint density at radius 2 is 1.91 bits per heavy atom. The van der Waals surface area contributed by atoms with Crippen LogP contribution in [0.2, 0.25) is 0 Å². The Morgan fingerprint density at radius 1 is 1.30 bits per heavy atom. The first-order chi connectivity index (χ1) is 10.8. The minimum atomic E-state index is -4.93. The van der Waals surface area contributed by atoms with Crippen molar-refractivity contribution in [2.75, 3.05) is 13.1 Å². The van der Waals surface area contributed by atoms with Crippen molar-refractivity contribution in [3.8, 4) is 11.5 Å². The summed E-state index contributed by atoms with van der Waals surface area (Å²) in [6.07, 6.45) is -3.22. The molecule has 1 aromatic rings. The standard InChI is InChI=1S/C15H17F3N2O3/c1-10-5-4-8-20(9-10)13(21)19-15(14(16,17)18)22-11-6-2-3-7-12(11)23-15/h2-3,6-7,10H,4-5,8-9H2,1H3,(H,19,21). The molecule has 3 rings (SSSR count). The lowest BCUT2D eigenvalue weighted by atomic mass is 10.0. The van der Waals surface area contributed by atoms with Crippen LogP contribution in [0.15, 0.2) is 24.3 Å². The Balaban J connectivity index is 1.81. The maximum absolute atomic E-state index is 13.5. The first kappa shape index (κ1) is 15.8. The molecule has 5 nitrogen and oxygen atoms in total. The van der Waals surface area contributed by atoms with E-state index in [4.69, 9.17) is 9.47 Å². The molecule has 1 atom stereocenters. The summed E-state index contributed by atoms with van der Waals surface area (Å²) in [6, 6.07) is 4.93. The Kier molecular flexibility index (Phi) is 3.77. The van der Waals surface area contributed by atoms with Gasteiger partial charge in [0.25, 0.3) is 0 Å². The maximum atomic E-state index is 13.5. The molecule has 2 heterocycles. The topological polar surface area (TPSA) is 50.8 Å². The van der Waals surface area contributed by atoms with Crippen LogP contribution in [0.25, 0.3) is 0 Å². The zero-order valence-electron chi connectivity index (χ0n) is 12.5. The van der Waals surface area contributed by atoms with E-state index >= 15 is 0 Å². The number of carbonyl (C=O) groups excluding carboxylic acids is 1. The van der Waals surface area contributed by atoms with Crippen molar-refractivity contribution >= 4 is 6.03 Å². The summed E-state index contributed by atoms with van der Waals surface area (Å²) in [4.78, 5) is 13.6. The number of benzene rings is 1. The zero-order chi connectivity index (χ0) is 16.7. The first-order valence-corrected chi connectivity index (χ1v) is 7.41. The number of fused-ring (bicyclic) bond motifs is 1. The lowest BCUT2D eigenvalue weighted by molar-refractivity contribution is -0.318. The number of amides is 2. The Hall–Kier alpha value is -2.12. The second kappa shape index (κ2) is 5.50. The lowest BCUT2D eigenvalue weighted by Crippen LogP contribution is -2.67. The number of hydrogen-bond donors (Lipinski definition) is 1. The third-order valence-electron chi connectivity index (χ3n) is 3.95. The number of urea groups is 1. The summed E-state index contributed by atoms with van der Waals surface area (Å²) in [7, 11) is 0. The van der Waals surface area contributed by atoms with Crippen molar-refractivity contribution in [3.63, 3.8) is 0 Å². The van der Waals surface area contributed by atoms with Crippen LogP contribution < -0.4 is 14.8 Å². The molecule has 0 aliphatic carbocycles. The molecule has 1 fully saturated rings. The summed E-state index contributed by atoms with van der Waals surface area (Å²) >= 11 is 0. The number of rotatable bonds is 1. The molecular formula is C15H17F3N2O3. The van der Waals surface area contributed by atoms with Crippen LogP contribution in [0.3, 0.4) is 0 Å². The summed E-state index contributed by atoms with van der Waals surface area (Å²) < 4.78 is 50.4. The number of likely N-dealkylation sites (tertiary alicyclic amines) is 1. The highest BCUT2D eigenvalue weighted by atomic mass is 19.4. The number of carbonyl (C=O) groups is 1. The molecule has 8 heteroatoms. The van der Waals surface area contributed by atoms with Crippen LogP contribution in [-0.4, -0.2) is 36.1 Å². The predicted molar refractivity (Wildman–Crippen MR) is 75.0 cm³/mol. The monoisotopic (exact) mass is 330 g/mol. The average molecular weight is 330 g/mol. The normalized spacial score (nSPS) is 22.8. The van der Waals surface area contributed by atoms with E-state index in [0.717, 1.165) is 12.8 Å². The lowest BCUT2D eigenvalue weighted by Gasteiger charge is -2.35. The van der Waals surface area contributed by atoms with E-state index in [1.807, 2.05) is 12.2 Å². The number of nitrogens with one attached hydrogen (secondary N) is 1. The second-order valence-corrected chi connectivity index (χ2v) is 5.89. The number of piperidine rings is 1. The number of alkyl halides is 3. The molecule has 2 aliphatic heterocycles. The van der Waals surface area contributed by atoms with Gasteiger partial charge in [-0.15, -0.1) is 0 Å². The summed E-state index contributed by atoms with van der Waals surface area (Å²) in [5.74, 6) is -3.05. The van der Waals surface area contributed by atoms with Crippen molar-refractivity contribution in [2.24, 2.45) is 5.92 Å². The van der Waals surface area contributed by atoms with Crippen LogP contribution in [0, 0.1) is 5.92 Å². The number of para-hydroxylation sites is 2. The van der Waals surface area contributed by atoms with Crippen LogP contribution in [0.4, 0.5) is 18.0 Å². The fraction of sp³-hybridized carbons (Fsp3) is 0.533. The molecule has 0 aromatic heterocycles. The molecule has 0 bridgehead atoms. The quantitative estimate of drug-likeness (QED) is 0.861. The molecule has 2 amide bonds. The van der Waals surface area contributed by atoms with Crippen molar-refractivity contribution in [1.29, 1.82) is 0 Å². The van der Waals surface area contributed by atoms with Crippen molar-refractivity contribution in [2.45, 2.75) is 31.9 Å². The van der Waals surface area contributed by atoms with E-state index in [0.29, 0.717) is 13.1 Å². The van der Waals surface area contributed by atoms with Gasteiger partial charge in [-0.3, -0.25) is 5.32 Å². The van der Waals surface area contributed by atoms with Gasteiger partial charge in [0.2, 0.25) is 0 Å². The molecule has 1 aromatic carbocycles. The van der Waals surface area contributed by atoms with Crippen LogP contribution in [0.5, 0.6) is 11.5 Å². The van der Waals surface area contributed by atoms with E-state index in [-0.39, 0.29) is 17.4 Å². The van der Waals surface area contributed by atoms with Gasteiger partial charge < -0.3 is 14.4 Å². The van der Waals surface area contributed by atoms with E-state index in [1.54, 1.807) is 0 Å². The fourth-order valence-corrected chi connectivity index (χ4v) is 2.78. The highest BCUT2D eigenvalue weighted by molar-refractivity contribution is 5.75. The number of ether oxygens (including phenoxy) is 2. The molecule has 1 unspecified atom stereocenters. The Morgan fingerprint density at radius 3 is 2.43 bits per heavy atom. The molecule has 1 saturated heterocycles. The van der Waals surface area contributed by atoms with E-state index < -0.39 is 18.1 Å². The molecule has 2 aliphatic rings. The van der Waals surface area contributed by atoms with Gasteiger partial charge >= 0.3 is 18.1 Å². The first-order valence-electron chi connectivity index (χ1n) is 7.41. The third-order valence-corrected chi connectivity index (χ3v) is 3.95. The van der Waals surface area contributed by atoms with Crippen LogP contribution in [0.1, 0.15) is 19.8 Å². The van der Waals surface area contributed by atoms with E-state index in [1.165, 1.54) is 29.2 Å². The van der Waals surface area contributed by atoms with Gasteiger partial charge in [0.05, 0.1) is 0 Å². The molecule has 0 saturated carbocycles. The molecule has 0 radical (unpaired) electrons. The maximum Gasteiger partial charge on any atom is 0.492 e. The summed E-state index contributed by atoms with van der Waals surface area (Å²) in [6.45, 7) is 2.78. The van der Waals surface area contributed by atoms with Gasteiger partial charge in [-0.1, -0.05) is 19.1 Å². The minimum Gasteiger partial charge on any atom is -0.424 e. The smallest absolute Gasteiger partial charge is 0.424 e. The largest absolute Gasteiger partial charge is 0.492 e. The van der Waals surface area contributed by atoms with Gasteiger partial charge in [-0.25, -0.2) is 4.79 Å². The number of hydrogen-bond acceptors (Lipinski definition) is 3. The van der Waals surface area contributed by atoms with Crippen molar-refractivity contribution in [1.82, 2.24) is 10.2 Å². The number of halogens is 3. The molecule has 23 heavy (non-hydrogen) atoms. The average Bonchev–Trinajstić information content (AvgIpc) is 2.86. The van der Waals surface area contributed by atoms with Gasteiger partial charge in [-0.05, 0) is 30.9 Å². The third kappa shape index (κ3) is 2.89. The minimum absolute atomic E-state index is 0.0582. The van der Waals surface area contributed by atoms with Crippen LogP contribution in [-0.2, 0) is 0 Å². The van der Waals surface area contributed by atoms with Crippen molar-refractivity contribution in [3.05, 3.63) is 24.3 Å². The van der Waals surface area contributed by atoms with Gasteiger partial charge in [0, 0.05) is 13.1 Å². The Bertz CT molecular complexity index is 581. The Labute approximate surface area is 131 Å². The van der Waals surface area contributed by atoms with Gasteiger partial charge in [-0.2, -0.15) is 13.2 Å². The highest BCUT2D eigenvalue weighted by Crippen LogP contribution is 2.45. The fourth-order valence-electron chi connectivity index (χ4n) is 2.78. The SMILES string of the molecule is CC1CCCN(C(=O)NC2(C(F)(F)F)Oc3ccccc3O2)C1. The van der Waals surface area contributed by atoms with Gasteiger partial charge in [0.15, 0.2) is 11.5 Å². The van der Waals surface area contributed by atoms with E-state index in [2.05, 4.69) is 0 Å². The summed E-state index contributed by atoms with van der Waals surface area (Å²) in [5, 5.41) is 1.89. The van der Waals surface area contributed by atoms with Gasteiger partial charge in [0.1, 0.15) is 0 Å². The molecule has 1 N–H and O–H groups in total. The summed E-state index contributed by atoms with van der Waals surface area (Å²) in [5.41, 5.74) is 0. The highest BCUT2D eigenvalue weighted by Gasteiger charge is 2.66. The second-order valence-electron chi connectivity index (χ2n) is 5.89. The molecule has 0 spiro atoms. The van der Waals surface area contributed by atoms with Crippen LogP contribution >= 0.6 is 0 Å².